The van der Waals surface area contributed by atoms with E-state index in [-0.39, 0.29) is 0 Å². The lowest BCUT2D eigenvalue weighted by atomic mass is 10.1. The first-order valence-corrected chi connectivity index (χ1v) is 9.03. The number of rotatable bonds is 5. The van der Waals surface area contributed by atoms with Gasteiger partial charge in [0.25, 0.3) is 0 Å². The second kappa shape index (κ2) is 7.94. The first-order chi connectivity index (χ1) is 12.4. The number of hydrogen-bond donors (Lipinski definition) is 1. The molecule has 0 atom stereocenters. The Kier molecular flexibility index (Phi) is 5.64. The smallest absolute Gasteiger partial charge is 0.0685 e. The van der Waals surface area contributed by atoms with Crippen molar-refractivity contribution in [2.45, 2.75) is 27.3 Å². The van der Waals surface area contributed by atoms with E-state index in [9.17, 15) is 0 Å². The highest BCUT2D eigenvalue weighted by Gasteiger charge is 2.10. The van der Waals surface area contributed by atoms with Crippen molar-refractivity contribution in [2.75, 3.05) is 5.43 Å². The van der Waals surface area contributed by atoms with Crippen molar-refractivity contribution in [1.82, 2.24) is 9.78 Å². The van der Waals surface area contributed by atoms with E-state index in [1.54, 1.807) is 18.3 Å². The molecule has 0 saturated heterocycles. The fraction of sp³-hybridized carbons (Fsp3) is 0.200. The lowest BCUT2D eigenvalue weighted by molar-refractivity contribution is 0.659. The summed E-state index contributed by atoms with van der Waals surface area (Å²) in [5.41, 5.74) is 9.24. The van der Waals surface area contributed by atoms with Crippen LogP contribution in [-0.2, 0) is 6.54 Å². The van der Waals surface area contributed by atoms with Gasteiger partial charge in [-0.05, 0) is 44.5 Å². The van der Waals surface area contributed by atoms with Crippen LogP contribution < -0.4 is 5.43 Å². The van der Waals surface area contributed by atoms with Gasteiger partial charge in [-0.1, -0.05) is 53.0 Å². The van der Waals surface area contributed by atoms with Crippen LogP contribution in [0.5, 0.6) is 0 Å². The number of benzene rings is 2. The summed E-state index contributed by atoms with van der Waals surface area (Å²) in [5.74, 6) is 0. The normalized spacial score (nSPS) is 11.3. The van der Waals surface area contributed by atoms with Gasteiger partial charge in [0.1, 0.15) is 0 Å². The second-order valence-electron chi connectivity index (χ2n) is 6.23. The Labute approximate surface area is 163 Å². The molecule has 0 radical (unpaired) electrons. The number of anilines is 1. The monoisotopic (exact) mass is 386 g/mol. The van der Waals surface area contributed by atoms with Crippen molar-refractivity contribution in [3.05, 3.63) is 80.6 Å². The predicted octanol–water partition coefficient (Wildman–Crippen LogP) is 5.61. The van der Waals surface area contributed by atoms with Crippen molar-refractivity contribution in [2.24, 2.45) is 5.10 Å². The van der Waals surface area contributed by atoms with Gasteiger partial charge in [-0.15, -0.1) is 0 Å². The maximum absolute atomic E-state index is 6.01. The third-order valence-electron chi connectivity index (χ3n) is 4.20. The molecule has 0 amide bonds. The van der Waals surface area contributed by atoms with Crippen LogP contribution in [0.2, 0.25) is 10.0 Å². The highest BCUT2D eigenvalue weighted by molar-refractivity contribution is 6.42. The number of hydrazone groups is 1. The molecule has 3 aromatic rings. The first kappa shape index (κ1) is 18.5. The topological polar surface area (TPSA) is 42.2 Å². The van der Waals surface area contributed by atoms with Crippen LogP contribution in [0.25, 0.3) is 0 Å². The molecule has 1 aromatic heterocycles. The van der Waals surface area contributed by atoms with Gasteiger partial charge in [-0.2, -0.15) is 10.2 Å². The number of halogens is 2. The summed E-state index contributed by atoms with van der Waals surface area (Å²) < 4.78 is 2.00. The average Bonchev–Trinajstić information content (AvgIpc) is 2.87. The second-order valence-corrected chi connectivity index (χ2v) is 7.04. The van der Waals surface area contributed by atoms with Crippen LogP contribution in [0, 0.1) is 20.8 Å². The Bertz CT molecular complexity index is 943. The van der Waals surface area contributed by atoms with Gasteiger partial charge in [0.15, 0.2) is 0 Å². The Morgan fingerprint density at radius 2 is 1.77 bits per heavy atom. The molecule has 0 aliphatic rings. The quantitative estimate of drug-likeness (QED) is 0.457. The number of aromatic nitrogens is 2. The zero-order valence-corrected chi connectivity index (χ0v) is 16.4. The van der Waals surface area contributed by atoms with Crippen molar-refractivity contribution >= 4 is 35.1 Å². The summed E-state index contributed by atoms with van der Waals surface area (Å²) >= 11 is 11.9. The zero-order chi connectivity index (χ0) is 18.7. The summed E-state index contributed by atoms with van der Waals surface area (Å²) in [7, 11) is 0. The molecule has 0 unspecified atom stereocenters. The molecular weight excluding hydrogens is 367 g/mol. The van der Waals surface area contributed by atoms with Crippen LogP contribution >= 0.6 is 23.2 Å². The number of nitrogens with zero attached hydrogens (tertiary/aromatic N) is 3. The van der Waals surface area contributed by atoms with Gasteiger partial charge in [0.05, 0.1) is 34.2 Å². The van der Waals surface area contributed by atoms with E-state index >= 15 is 0 Å². The van der Waals surface area contributed by atoms with Crippen molar-refractivity contribution in [3.8, 4) is 0 Å². The summed E-state index contributed by atoms with van der Waals surface area (Å²) in [6.45, 7) is 6.86. The third kappa shape index (κ3) is 4.26. The Hall–Kier alpha value is -2.30. The molecule has 26 heavy (non-hydrogen) atoms. The highest BCUT2D eigenvalue weighted by Crippen LogP contribution is 2.25. The molecule has 0 bridgehead atoms. The molecule has 1 N–H and O–H groups in total. The lowest BCUT2D eigenvalue weighted by Gasteiger charge is -2.05. The Balaban J connectivity index is 1.74. The maximum atomic E-state index is 6.01. The molecule has 6 heteroatoms. The molecular formula is C20H20Cl2N4. The van der Waals surface area contributed by atoms with E-state index in [2.05, 4.69) is 53.7 Å². The Morgan fingerprint density at radius 3 is 2.46 bits per heavy atom. The number of nitrogens with one attached hydrogen (secondary N) is 1. The van der Waals surface area contributed by atoms with E-state index in [0.29, 0.717) is 10.0 Å². The van der Waals surface area contributed by atoms with E-state index in [1.165, 1.54) is 11.1 Å². The van der Waals surface area contributed by atoms with Gasteiger partial charge in [-0.3, -0.25) is 10.1 Å². The van der Waals surface area contributed by atoms with Gasteiger partial charge in [0.2, 0.25) is 0 Å². The van der Waals surface area contributed by atoms with Gasteiger partial charge >= 0.3 is 0 Å². The van der Waals surface area contributed by atoms with Crippen LogP contribution in [-0.4, -0.2) is 16.0 Å². The predicted molar refractivity (Wildman–Crippen MR) is 110 cm³/mol. The van der Waals surface area contributed by atoms with E-state index in [0.717, 1.165) is 29.2 Å². The molecule has 0 spiro atoms. The van der Waals surface area contributed by atoms with Crippen LogP contribution in [0.3, 0.4) is 0 Å². The molecule has 0 saturated carbocycles. The standard InChI is InChI=1S/C20H20Cl2N4/c1-13-4-6-16(7-5-13)12-26-15(3)18(14(2)25-26)11-23-24-17-8-9-19(21)20(22)10-17/h4-11,24H,12H2,1-3H3/b23-11-. The molecule has 0 aliphatic carbocycles. The summed E-state index contributed by atoms with van der Waals surface area (Å²) in [5, 5.41) is 9.95. The van der Waals surface area contributed by atoms with Crippen LogP contribution in [0.15, 0.2) is 47.6 Å². The maximum Gasteiger partial charge on any atom is 0.0685 e. The SMILES string of the molecule is Cc1ccc(Cn2nc(C)c(/C=N\Nc3ccc(Cl)c(Cl)c3)c2C)cc1. The fourth-order valence-electron chi connectivity index (χ4n) is 2.66. The van der Waals surface area contributed by atoms with Gasteiger partial charge in [0, 0.05) is 11.3 Å². The van der Waals surface area contributed by atoms with Crippen molar-refractivity contribution in [1.29, 1.82) is 0 Å². The molecule has 0 fully saturated rings. The minimum absolute atomic E-state index is 0.491. The summed E-state index contributed by atoms with van der Waals surface area (Å²) in [6, 6.07) is 13.8. The Morgan fingerprint density at radius 1 is 1.04 bits per heavy atom. The van der Waals surface area contributed by atoms with Gasteiger partial charge in [-0.25, -0.2) is 0 Å². The van der Waals surface area contributed by atoms with Crippen LogP contribution in [0.1, 0.15) is 28.1 Å². The molecule has 2 aromatic carbocycles. The van der Waals surface area contributed by atoms with Crippen molar-refractivity contribution in [3.63, 3.8) is 0 Å². The van der Waals surface area contributed by atoms with Crippen LogP contribution in [0.4, 0.5) is 5.69 Å². The van der Waals surface area contributed by atoms with Gasteiger partial charge < -0.3 is 0 Å². The largest absolute Gasteiger partial charge is 0.278 e. The fourth-order valence-corrected chi connectivity index (χ4v) is 2.95. The average molecular weight is 387 g/mol. The number of aryl methyl sites for hydroxylation is 2. The molecule has 4 nitrogen and oxygen atoms in total. The molecule has 0 aliphatic heterocycles. The summed E-state index contributed by atoms with van der Waals surface area (Å²) in [4.78, 5) is 0. The number of hydrogen-bond acceptors (Lipinski definition) is 3. The highest BCUT2D eigenvalue weighted by atomic mass is 35.5. The zero-order valence-electron chi connectivity index (χ0n) is 14.9. The third-order valence-corrected chi connectivity index (χ3v) is 4.94. The minimum atomic E-state index is 0.491. The molecule has 3 rings (SSSR count). The first-order valence-electron chi connectivity index (χ1n) is 8.27. The molecule has 134 valence electrons. The lowest BCUT2D eigenvalue weighted by Crippen LogP contribution is -2.04. The van der Waals surface area contributed by atoms with E-state index in [1.807, 2.05) is 17.7 Å². The minimum Gasteiger partial charge on any atom is -0.278 e. The van der Waals surface area contributed by atoms with Crippen molar-refractivity contribution < 1.29 is 0 Å². The molecule has 1 heterocycles. The van der Waals surface area contributed by atoms with E-state index < -0.39 is 0 Å². The summed E-state index contributed by atoms with van der Waals surface area (Å²) in [6.07, 6.45) is 1.78. The van der Waals surface area contributed by atoms with E-state index in [4.69, 9.17) is 23.2 Å².